The van der Waals surface area contributed by atoms with Crippen LogP contribution in [0.1, 0.15) is 29.9 Å². The van der Waals surface area contributed by atoms with E-state index in [1.54, 1.807) is 15.8 Å². The van der Waals surface area contributed by atoms with Crippen LogP contribution in [-0.4, -0.2) is 39.7 Å². The van der Waals surface area contributed by atoms with Gasteiger partial charge in [0.05, 0.1) is 11.3 Å². The van der Waals surface area contributed by atoms with E-state index >= 15 is 0 Å². The highest BCUT2D eigenvalue weighted by molar-refractivity contribution is 5.95. The molecule has 0 bridgehead atoms. The molecular formula is C11H20N4O. The van der Waals surface area contributed by atoms with E-state index in [9.17, 15) is 4.79 Å². The van der Waals surface area contributed by atoms with Crippen LogP contribution < -0.4 is 5.73 Å². The zero-order valence-electron chi connectivity index (χ0n) is 10.4. The lowest BCUT2D eigenvalue weighted by Crippen LogP contribution is -2.40. The Bertz CT molecular complexity index is 370. The van der Waals surface area contributed by atoms with E-state index in [1.165, 1.54) is 0 Å². The molecule has 1 amide bonds. The van der Waals surface area contributed by atoms with Gasteiger partial charge < -0.3 is 10.6 Å². The Balaban J connectivity index is 2.94. The summed E-state index contributed by atoms with van der Waals surface area (Å²) in [4.78, 5) is 14.0. The van der Waals surface area contributed by atoms with Crippen LogP contribution in [-0.2, 0) is 7.05 Å². The number of nitrogens with two attached hydrogens (primary N) is 1. The lowest BCUT2D eigenvalue weighted by Gasteiger charge is -2.25. The van der Waals surface area contributed by atoms with E-state index in [0.717, 1.165) is 5.69 Å². The summed E-state index contributed by atoms with van der Waals surface area (Å²) in [6, 6.07) is 0.149. The van der Waals surface area contributed by atoms with Gasteiger partial charge in [0.15, 0.2) is 0 Å². The number of aromatic nitrogens is 2. The zero-order chi connectivity index (χ0) is 12.3. The number of aryl methyl sites for hydroxylation is 2. The maximum Gasteiger partial charge on any atom is 0.257 e. The molecule has 0 aromatic carbocycles. The van der Waals surface area contributed by atoms with Crippen LogP contribution in [0.4, 0.5) is 0 Å². The molecule has 90 valence electrons. The molecule has 0 aliphatic heterocycles. The standard InChI is InChI=1S/C11H20N4O/c1-8(2)15(6-5-12)11(16)10-7-14(4)13-9(10)3/h7-8H,5-6,12H2,1-4H3. The fourth-order valence-corrected chi connectivity index (χ4v) is 1.70. The predicted molar refractivity (Wildman–Crippen MR) is 63.2 cm³/mol. The lowest BCUT2D eigenvalue weighted by atomic mass is 10.2. The van der Waals surface area contributed by atoms with Gasteiger partial charge in [-0.3, -0.25) is 9.48 Å². The second-order valence-electron chi connectivity index (χ2n) is 4.18. The van der Waals surface area contributed by atoms with Crippen molar-refractivity contribution in [3.63, 3.8) is 0 Å². The first kappa shape index (κ1) is 12.7. The molecule has 0 atom stereocenters. The largest absolute Gasteiger partial charge is 0.335 e. The maximum absolute atomic E-state index is 12.2. The molecule has 0 saturated heterocycles. The fourth-order valence-electron chi connectivity index (χ4n) is 1.70. The third-order valence-electron chi connectivity index (χ3n) is 2.50. The van der Waals surface area contributed by atoms with Crippen molar-refractivity contribution < 1.29 is 4.79 Å². The quantitative estimate of drug-likeness (QED) is 0.811. The molecule has 5 heteroatoms. The molecule has 1 aromatic rings. The molecule has 0 saturated carbocycles. The first-order valence-corrected chi connectivity index (χ1v) is 5.48. The Kier molecular flexibility index (Phi) is 4.06. The van der Waals surface area contributed by atoms with Crippen LogP contribution in [0.25, 0.3) is 0 Å². The average Bonchev–Trinajstić information content (AvgIpc) is 2.53. The van der Waals surface area contributed by atoms with Crippen molar-refractivity contribution in [2.24, 2.45) is 12.8 Å². The van der Waals surface area contributed by atoms with Crippen LogP contribution in [0.2, 0.25) is 0 Å². The summed E-state index contributed by atoms with van der Waals surface area (Å²) >= 11 is 0. The molecule has 0 fully saturated rings. The molecule has 1 heterocycles. The van der Waals surface area contributed by atoms with Crippen LogP contribution in [0, 0.1) is 6.92 Å². The third-order valence-corrected chi connectivity index (χ3v) is 2.50. The molecule has 16 heavy (non-hydrogen) atoms. The SMILES string of the molecule is Cc1nn(C)cc1C(=O)N(CCN)C(C)C. The Labute approximate surface area is 96.2 Å². The van der Waals surface area contributed by atoms with E-state index < -0.39 is 0 Å². The van der Waals surface area contributed by atoms with Gasteiger partial charge in [0.1, 0.15) is 0 Å². The molecule has 0 unspecified atom stereocenters. The number of carbonyl (C=O) groups excluding carboxylic acids is 1. The Morgan fingerprint density at radius 2 is 2.25 bits per heavy atom. The van der Waals surface area contributed by atoms with Gasteiger partial charge in [-0.15, -0.1) is 0 Å². The predicted octanol–water partition coefficient (Wildman–Crippen LogP) is 0.538. The summed E-state index contributed by atoms with van der Waals surface area (Å²) in [6.45, 7) is 6.86. The fraction of sp³-hybridized carbons (Fsp3) is 0.636. The van der Waals surface area contributed by atoms with Gasteiger partial charge in [0.25, 0.3) is 5.91 Å². The number of hydrogen-bond acceptors (Lipinski definition) is 3. The van der Waals surface area contributed by atoms with E-state index in [4.69, 9.17) is 5.73 Å². The monoisotopic (exact) mass is 224 g/mol. The summed E-state index contributed by atoms with van der Waals surface area (Å²) in [6.07, 6.45) is 1.75. The van der Waals surface area contributed by atoms with Crippen LogP contribution in [0.3, 0.4) is 0 Å². The van der Waals surface area contributed by atoms with Gasteiger partial charge in [-0.25, -0.2) is 0 Å². The second kappa shape index (κ2) is 5.12. The summed E-state index contributed by atoms with van der Waals surface area (Å²) < 4.78 is 1.66. The van der Waals surface area contributed by atoms with Crippen LogP contribution in [0.5, 0.6) is 0 Å². The number of nitrogens with zero attached hydrogens (tertiary/aromatic N) is 3. The van der Waals surface area contributed by atoms with Crippen molar-refractivity contribution in [2.45, 2.75) is 26.8 Å². The highest BCUT2D eigenvalue weighted by Gasteiger charge is 2.21. The Morgan fingerprint density at radius 3 is 2.62 bits per heavy atom. The smallest absolute Gasteiger partial charge is 0.257 e. The second-order valence-corrected chi connectivity index (χ2v) is 4.18. The number of hydrogen-bond donors (Lipinski definition) is 1. The van der Waals surface area contributed by atoms with Gasteiger partial charge in [-0.05, 0) is 20.8 Å². The van der Waals surface area contributed by atoms with Gasteiger partial charge in [0, 0.05) is 32.4 Å². The van der Waals surface area contributed by atoms with E-state index in [-0.39, 0.29) is 11.9 Å². The van der Waals surface area contributed by atoms with Crippen molar-refractivity contribution in [1.29, 1.82) is 0 Å². The highest BCUT2D eigenvalue weighted by atomic mass is 16.2. The van der Waals surface area contributed by atoms with Crippen LogP contribution >= 0.6 is 0 Å². The van der Waals surface area contributed by atoms with Crippen LogP contribution in [0.15, 0.2) is 6.20 Å². The zero-order valence-corrected chi connectivity index (χ0v) is 10.4. The van der Waals surface area contributed by atoms with E-state index in [2.05, 4.69) is 5.10 Å². The molecule has 0 aliphatic rings. The van der Waals surface area contributed by atoms with E-state index in [1.807, 2.05) is 27.8 Å². The average molecular weight is 224 g/mol. The number of carbonyl (C=O) groups is 1. The first-order valence-electron chi connectivity index (χ1n) is 5.48. The van der Waals surface area contributed by atoms with Crippen molar-refractivity contribution in [2.75, 3.05) is 13.1 Å². The van der Waals surface area contributed by atoms with E-state index in [0.29, 0.717) is 18.7 Å². The minimum atomic E-state index is 0.00560. The first-order chi connectivity index (χ1) is 7.47. The summed E-state index contributed by atoms with van der Waals surface area (Å²) in [7, 11) is 1.81. The molecule has 1 aromatic heterocycles. The molecule has 0 radical (unpaired) electrons. The minimum absolute atomic E-state index is 0.00560. The Hall–Kier alpha value is -1.36. The lowest BCUT2D eigenvalue weighted by molar-refractivity contribution is 0.0711. The normalized spacial score (nSPS) is 10.9. The summed E-state index contributed by atoms with van der Waals surface area (Å²) in [5.74, 6) is 0.00560. The summed E-state index contributed by atoms with van der Waals surface area (Å²) in [5.41, 5.74) is 6.93. The van der Waals surface area contributed by atoms with Gasteiger partial charge in [-0.2, -0.15) is 5.10 Å². The van der Waals surface area contributed by atoms with Crippen molar-refractivity contribution in [3.8, 4) is 0 Å². The molecule has 0 aliphatic carbocycles. The van der Waals surface area contributed by atoms with Crippen molar-refractivity contribution >= 4 is 5.91 Å². The molecular weight excluding hydrogens is 204 g/mol. The molecule has 1 rings (SSSR count). The number of rotatable bonds is 4. The minimum Gasteiger partial charge on any atom is -0.335 e. The third kappa shape index (κ3) is 2.61. The molecule has 0 spiro atoms. The molecule has 5 nitrogen and oxygen atoms in total. The Morgan fingerprint density at radius 1 is 1.62 bits per heavy atom. The van der Waals surface area contributed by atoms with Gasteiger partial charge in [0.2, 0.25) is 0 Å². The molecule has 2 N–H and O–H groups in total. The van der Waals surface area contributed by atoms with Gasteiger partial charge in [-0.1, -0.05) is 0 Å². The van der Waals surface area contributed by atoms with Crippen molar-refractivity contribution in [3.05, 3.63) is 17.5 Å². The summed E-state index contributed by atoms with van der Waals surface area (Å²) in [5, 5.41) is 4.17. The maximum atomic E-state index is 12.2. The van der Waals surface area contributed by atoms with Gasteiger partial charge >= 0.3 is 0 Å². The highest BCUT2D eigenvalue weighted by Crippen LogP contribution is 2.11. The van der Waals surface area contributed by atoms with Crippen molar-refractivity contribution in [1.82, 2.24) is 14.7 Å². The topological polar surface area (TPSA) is 64.2 Å². The number of amides is 1.